The maximum absolute atomic E-state index is 12.4. The molecule has 1 N–H and O–H groups in total. The van der Waals surface area contributed by atoms with E-state index < -0.39 is 0 Å². The summed E-state index contributed by atoms with van der Waals surface area (Å²) in [6, 6.07) is 23.2. The van der Waals surface area contributed by atoms with Crippen LogP contribution in [0.4, 0.5) is 5.69 Å². The first-order chi connectivity index (χ1) is 11.2. The Morgan fingerprint density at radius 3 is 2.30 bits per heavy atom. The number of rotatable bonds is 4. The van der Waals surface area contributed by atoms with Gasteiger partial charge in [-0.2, -0.15) is 0 Å². The molecular formula is C20H15NO2. The Balaban J connectivity index is 1.86. The van der Waals surface area contributed by atoms with Crippen LogP contribution in [0.2, 0.25) is 0 Å². The summed E-state index contributed by atoms with van der Waals surface area (Å²) < 4.78 is 0. The topological polar surface area (TPSA) is 49.7 Å². The Kier molecular flexibility index (Phi) is 4.29. The van der Waals surface area contributed by atoms with Gasteiger partial charge < -0.3 is 5.11 Å². The van der Waals surface area contributed by atoms with Gasteiger partial charge in [0.25, 0.3) is 0 Å². The molecule has 0 saturated heterocycles. The lowest BCUT2D eigenvalue weighted by Crippen LogP contribution is -2.00. The number of phenols is 1. The Hall–Kier alpha value is -3.20. The molecule has 0 unspecified atom stereocenters. The van der Waals surface area contributed by atoms with E-state index in [-0.39, 0.29) is 11.5 Å². The summed E-state index contributed by atoms with van der Waals surface area (Å²) >= 11 is 0. The molecular weight excluding hydrogens is 286 g/mol. The quantitative estimate of drug-likeness (QED) is 0.574. The third-order valence-electron chi connectivity index (χ3n) is 3.43. The van der Waals surface area contributed by atoms with Gasteiger partial charge in [-0.3, -0.25) is 9.79 Å². The second-order valence-corrected chi connectivity index (χ2v) is 5.06. The summed E-state index contributed by atoms with van der Waals surface area (Å²) in [6.07, 6.45) is 1.58. The summed E-state index contributed by atoms with van der Waals surface area (Å²) in [7, 11) is 0. The summed E-state index contributed by atoms with van der Waals surface area (Å²) in [5.74, 6) is 0.137. The lowest BCUT2D eigenvalue weighted by molar-refractivity contribution is 0.103. The Labute approximate surface area is 134 Å². The number of carbonyl (C=O) groups is 1. The number of aromatic hydroxyl groups is 1. The molecule has 3 heteroatoms. The van der Waals surface area contributed by atoms with Crippen LogP contribution in [-0.4, -0.2) is 17.1 Å². The van der Waals surface area contributed by atoms with Gasteiger partial charge in [-0.15, -0.1) is 0 Å². The van der Waals surface area contributed by atoms with Crippen molar-refractivity contribution in [3.63, 3.8) is 0 Å². The highest BCUT2D eigenvalue weighted by Gasteiger charge is 2.08. The van der Waals surface area contributed by atoms with Gasteiger partial charge >= 0.3 is 0 Å². The number of benzene rings is 3. The number of para-hydroxylation sites is 1. The molecule has 0 spiro atoms. The Morgan fingerprint density at radius 2 is 1.52 bits per heavy atom. The number of ketones is 1. The molecule has 0 fully saturated rings. The van der Waals surface area contributed by atoms with Gasteiger partial charge in [-0.1, -0.05) is 54.6 Å². The SMILES string of the molecule is O=C(c1ccccc1)c1cccc(N=Cc2ccccc2O)c1. The van der Waals surface area contributed by atoms with Crippen molar-refractivity contribution in [1.29, 1.82) is 0 Å². The molecule has 3 rings (SSSR count). The molecule has 3 nitrogen and oxygen atoms in total. The van der Waals surface area contributed by atoms with Crippen LogP contribution in [0.5, 0.6) is 5.75 Å². The molecule has 0 aliphatic carbocycles. The van der Waals surface area contributed by atoms with E-state index in [9.17, 15) is 9.90 Å². The molecule has 0 aliphatic rings. The van der Waals surface area contributed by atoms with E-state index in [4.69, 9.17) is 0 Å². The largest absolute Gasteiger partial charge is 0.507 e. The summed E-state index contributed by atoms with van der Waals surface area (Å²) in [4.78, 5) is 16.8. The van der Waals surface area contributed by atoms with Crippen molar-refractivity contribution in [2.24, 2.45) is 4.99 Å². The zero-order chi connectivity index (χ0) is 16.1. The molecule has 0 amide bonds. The fourth-order valence-corrected chi connectivity index (χ4v) is 2.22. The van der Waals surface area contributed by atoms with Crippen molar-refractivity contribution in [3.8, 4) is 5.75 Å². The summed E-state index contributed by atoms with van der Waals surface area (Å²) in [5.41, 5.74) is 2.53. The first-order valence-corrected chi connectivity index (χ1v) is 7.26. The van der Waals surface area contributed by atoms with E-state index in [1.807, 2.05) is 30.3 Å². The minimum Gasteiger partial charge on any atom is -0.507 e. The molecule has 0 bridgehead atoms. The van der Waals surface area contributed by atoms with Crippen LogP contribution in [0, 0.1) is 0 Å². The van der Waals surface area contributed by atoms with E-state index in [1.54, 1.807) is 54.7 Å². The molecule has 3 aromatic rings. The fourth-order valence-electron chi connectivity index (χ4n) is 2.22. The van der Waals surface area contributed by atoms with Crippen molar-refractivity contribution < 1.29 is 9.90 Å². The summed E-state index contributed by atoms with van der Waals surface area (Å²) in [5, 5.41) is 9.73. The molecule has 0 saturated carbocycles. The molecule has 0 atom stereocenters. The Bertz CT molecular complexity index is 854. The van der Waals surface area contributed by atoms with Crippen LogP contribution >= 0.6 is 0 Å². The number of hydrogen-bond donors (Lipinski definition) is 1. The normalized spacial score (nSPS) is 10.8. The predicted octanol–water partition coefficient (Wildman–Crippen LogP) is 4.37. The van der Waals surface area contributed by atoms with E-state index in [0.29, 0.717) is 22.4 Å². The van der Waals surface area contributed by atoms with Crippen LogP contribution in [0.3, 0.4) is 0 Å². The van der Waals surface area contributed by atoms with E-state index in [0.717, 1.165) is 0 Å². The van der Waals surface area contributed by atoms with Crippen molar-refractivity contribution in [2.45, 2.75) is 0 Å². The zero-order valence-corrected chi connectivity index (χ0v) is 12.4. The number of aliphatic imine (C=N–C) groups is 1. The highest BCUT2D eigenvalue weighted by molar-refractivity contribution is 6.09. The third-order valence-corrected chi connectivity index (χ3v) is 3.43. The van der Waals surface area contributed by atoms with Crippen LogP contribution < -0.4 is 0 Å². The third kappa shape index (κ3) is 3.52. The van der Waals surface area contributed by atoms with Gasteiger partial charge in [0.05, 0.1) is 5.69 Å². The highest BCUT2D eigenvalue weighted by Crippen LogP contribution is 2.19. The zero-order valence-electron chi connectivity index (χ0n) is 12.4. The van der Waals surface area contributed by atoms with Gasteiger partial charge in [0, 0.05) is 22.9 Å². The van der Waals surface area contributed by atoms with Gasteiger partial charge in [-0.05, 0) is 24.3 Å². The molecule has 112 valence electrons. The average molecular weight is 301 g/mol. The van der Waals surface area contributed by atoms with Crippen molar-refractivity contribution >= 4 is 17.7 Å². The van der Waals surface area contributed by atoms with Gasteiger partial charge in [0.2, 0.25) is 0 Å². The van der Waals surface area contributed by atoms with E-state index in [2.05, 4.69) is 4.99 Å². The number of hydrogen-bond acceptors (Lipinski definition) is 3. The first kappa shape index (κ1) is 14.7. The minimum absolute atomic E-state index is 0.0368. The van der Waals surface area contributed by atoms with Crippen LogP contribution in [-0.2, 0) is 0 Å². The molecule has 23 heavy (non-hydrogen) atoms. The molecule has 0 radical (unpaired) electrons. The molecule has 0 aliphatic heterocycles. The Morgan fingerprint density at radius 1 is 0.826 bits per heavy atom. The smallest absolute Gasteiger partial charge is 0.193 e. The van der Waals surface area contributed by atoms with E-state index in [1.165, 1.54) is 0 Å². The van der Waals surface area contributed by atoms with Crippen LogP contribution in [0.1, 0.15) is 21.5 Å². The maximum Gasteiger partial charge on any atom is 0.193 e. The van der Waals surface area contributed by atoms with Crippen LogP contribution in [0.15, 0.2) is 83.9 Å². The molecule has 0 heterocycles. The highest BCUT2D eigenvalue weighted by atomic mass is 16.3. The monoisotopic (exact) mass is 301 g/mol. The minimum atomic E-state index is -0.0368. The molecule has 0 aromatic heterocycles. The van der Waals surface area contributed by atoms with Crippen molar-refractivity contribution in [2.75, 3.05) is 0 Å². The predicted molar refractivity (Wildman–Crippen MR) is 91.7 cm³/mol. The van der Waals surface area contributed by atoms with Gasteiger partial charge in [0.1, 0.15) is 5.75 Å². The first-order valence-electron chi connectivity index (χ1n) is 7.26. The van der Waals surface area contributed by atoms with Gasteiger partial charge in [0.15, 0.2) is 5.78 Å². The lowest BCUT2D eigenvalue weighted by Gasteiger charge is -2.02. The second kappa shape index (κ2) is 6.71. The molecule has 3 aromatic carbocycles. The summed E-state index contributed by atoms with van der Waals surface area (Å²) in [6.45, 7) is 0. The van der Waals surface area contributed by atoms with Crippen LogP contribution in [0.25, 0.3) is 0 Å². The average Bonchev–Trinajstić information content (AvgIpc) is 2.61. The van der Waals surface area contributed by atoms with Crippen molar-refractivity contribution in [1.82, 2.24) is 0 Å². The number of nitrogens with zero attached hydrogens (tertiary/aromatic N) is 1. The van der Waals surface area contributed by atoms with Crippen molar-refractivity contribution in [3.05, 3.63) is 95.6 Å². The standard InChI is InChI=1S/C20H15NO2/c22-19-12-5-4-9-17(19)14-21-18-11-6-10-16(13-18)20(23)15-7-2-1-3-8-15/h1-14,22H. The second-order valence-electron chi connectivity index (χ2n) is 5.06. The fraction of sp³-hybridized carbons (Fsp3) is 0. The number of carbonyl (C=O) groups excluding carboxylic acids is 1. The number of phenolic OH excluding ortho intramolecular Hbond substituents is 1. The lowest BCUT2D eigenvalue weighted by atomic mass is 10.0. The van der Waals surface area contributed by atoms with E-state index >= 15 is 0 Å². The van der Waals surface area contributed by atoms with Gasteiger partial charge in [-0.25, -0.2) is 0 Å². The maximum atomic E-state index is 12.4.